The van der Waals surface area contributed by atoms with Gasteiger partial charge in [-0.1, -0.05) is 17.8 Å². The predicted molar refractivity (Wildman–Crippen MR) is 88.8 cm³/mol. The van der Waals surface area contributed by atoms with Gasteiger partial charge in [-0.05, 0) is 24.0 Å². The van der Waals surface area contributed by atoms with Crippen molar-refractivity contribution < 1.29 is 4.74 Å². The lowest BCUT2D eigenvalue weighted by atomic mass is 10.2. The third-order valence-corrected chi connectivity index (χ3v) is 4.84. The van der Waals surface area contributed by atoms with Crippen LogP contribution < -0.4 is 10.3 Å². The number of hydrogen-bond donors (Lipinski definition) is 2. The summed E-state index contributed by atoms with van der Waals surface area (Å²) in [6, 6.07) is 6.09. The highest BCUT2D eigenvalue weighted by molar-refractivity contribution is 7.98. The Hall–Kier alpha value is -1.93. The van der Waals surface area contributed by atoms with E-state index >= 15 is 0 Å². The average molecular weight is 334 g/mol. The molecular formula is C14H14N4O2S2. The fourth-order valence-corrected chi connectivity index (χ4v) is 3.37. The number of benzene rings is 1. The van der Waals surface area contributed by atoms with Crippen molar-refractivity contribution in [2.75, 3.05) is 13.4 Å². The molecule has 0 spiro atoms. The summed E-state index contributed by atoms with van der Waals surface area (Å²) in [5.74, 6) is 1.55. The number of fused-ring (bicyclic) bond motifs is 1. The monoisotopic (exact) mass is 334 g/mol. The van der Waals surface area contributed by atoms with Crippen LogP contribution in [0.1, 0.15) is 5.56 Å². The number of hydrogen-bond acceptors (Lipinski definition) is 6. The van der Waals surface area contributed by atoms with Gasteiger partial charge in [-0.25, -0.2) is 4.98 Å². The van der Waals surface area contributed by atoms with E-state index in [-0.39, 0.29) is 5.56 Å². The van der Waals surface area contributed by atoms with Crippen molar-refractivity contribution in [2.24, 2.45) is 0 Å². The van der Waals surface area contributed by atoms with E-state index in [9.17, 15) is 4.79 Å². The van der Waals surface area contributed by atoms with Gasteiger partial charge in [0, 0.05) is 10.6 Å². The van der Waals surface area contributed by atoms with Gasteiger partial charge in [0.25, 0.3) is 5.56 Å². The van der Waals surface area contributed by atoms with E-state index in [1.54, 1.807) is 18.9 Å². The molecular weight excluding hydrogens is 320 g/mol. The van der Waals surface area contributed by atoms with Crippen LogP contribution in [0.3, 0.4) is 0 Å². The summed E-state index contributed by atoms with van der Waals surface area (Å²) in [6.45, 7) is 0. The second kappa shape index (κ2) is 6.45. The number of H-pyrrole nitrogens is 2. The Labute approximate surface area is 135 Å². The SMILES string of the molecule is COc1cc(CSc2nc3[nH]ncc3c(=O)[nH]2)ccc1SC. The summed E-state index contributed by atoms with van der Waals surface area (Å²) in [7, 11) is 1.66. The van der Waals surface area contributed by atoms with Gasteiger partial charge >= 0.3 is 0 Å². The third kappa shape index (κ3) is 2.97. The largest absolute Gasteiger partial charge is 0.496 e. The number of thioether (sulfide) groups is 2. The molecule has 0 saturated carbocycles. The minimum absolute atomic E-state index is 0.184. The first kappa shape index (κ1) is 15.0. The van der Waals surface area contributed by atoms with Crippen LogP contribution in [-0.2, 0) is 5.75 Å². The van der Waals surface area contributed by atoms with Gasteiger partial charge in [0.2, 0.25) is 0 Å². The van der Waals surface area contributed by atoms with Crippen LogP contribution in [0.5, 0.6) is 5.75 Å². The van der Waals surface area contributed by atoms with Crippen molar-refractivity contribution in [3.05, 3.63) is 40.3 Å². The van der Waals surface area contributed by atoms with Gasteiger partial charge < -0.3 is 9.72 Å². The zero-order valence-electron chi connectivity index (χ0n) is 12.0. The summed E-state index contributed by atoms with van der Waals surface area (Å²) in [5, 5.41) is 7.58. The van der Waals surface area contributed by atoms with Gasteiger partial charge in [-0.2, -0.15) is 5.10 Å². The topological polar surface area (TPSA) is 83.7 Å². The molecule has 2 heterocycles. The molecule has 3 aromatic rings. The van der Waals surface area contributed by atoms with Crippen LogP contribution in [0.4, 0.5) is 0 Å². The Bertz CT molecular complexity index is 859. The smallest absolute Gasteiger partial charge is 0.262 e. The molecule has 0 saturated heterocycles. The van der Waals surface area contributed by atoms with Crippen molar-refractivity contribution in [3.63, 3.8) is 0 Å². The number of methoxy groups -OCH3 is 1. The maximum Gasteiger partial charge on any atom is 0.262 e. The number of nitrogens with one attached hydrogen (secondary N) is 2. The Morgan fingerprint density at radius 3 is 3.00 bits per heavy atom. The van der Waals surface area contributed by atoms with Crippen LogP contribution in [-0.4, -0.2) is 33.5 Å². The number of rotatable bonds is 5. The molecule has 0 radical (unpaired) electrons. The molecule has 0 amide bonds. The minimum atomic E-state index is -0.184. The molecule has 22 heavy (non-hydrogen) atoms. The summed E-state index contributed by atoms with van der Waals surface area (Å²) >= 11 is 3.11. The Morgan fingerprint density at radius 1 is 1.36 bits per heavy atom. The van der Waals surface area contributed by atoms with E-state index in [4.69, 9.17) is 4.74 Å². The highest BCUT2D eigenvalue weighted by Gasteiger charge is 2.08. The van der Waals surface area contributed by atoms with Crippen molar-refractivity contribution in [3.8, 4) is 5.75 Å². The summed E-state index contributed by atoms with van der Waals surface area (Å²) in [5.41, 5.74) is 1.42. The third-order valence-electron chi connectivity index (χ3n) is 3.12. The summed E-state index contributed by atoms with van der Waals surface area (Å²) in [6.07, 6.45) is 3.49. The Balaban J connectivity index is 1.80. The fraction of sp³-hybridized carbons (Fsp3) is 0.214. The van der Waals surface area contributed by atoms with Crippen molar-refractivity contribution in [1.29, 1.82) is 0 Å². The van der Waals surface area contributed by atoms with E-state index in [1.807, 2.05) is 24.5 Å². The molecule has 2 N–H and O–H groups in total. The highest BCUT2D eigenvalue weighted by Crippen LogP contribution is 2.30. The van der Waals surface area contributed by atoms with Gasteiger partial charge in [0.1, 0.15) is 11.1 Å². The summed E-state index contributed by atoms with van der Waals surface area (Å²) in [4.78, 5) is 20.1. The molecule has 0 atom stereocenters. The van der Waals surface area contributed by atoms with Crippen LogP contribution in [0, 0.1) is 0 Å². The molecule has 0 aliphatic heterocycles. The lowest BCUT2D eigenvalue weighted by molar-refractivity contribution is 0.404. The molecule has 1 aromatic carbocycles. The average Bonchev–Trinajstić information content (AvgIpc) is 3.01. The predicted octanol–water partition coefficient (Wildman–Crippen LogP) is 2.67. The van der Waals surface area contributed by atoms with Crippen LogP contribution >= 0.6 is 23.5 Å². The number of aromatic amines is 2. The first-order chi connectivity index (χ1) is 10.7. The second-order valence-corrected chi connectivity index (χ2v) is 6.29. The standard InChI is InChI=1S/C14H14N4O2S2/c1-20-10-5-8(3-4-11(10)21-2)7-22-14-16-12-9(6-15-18-12)13(19)17-14/h3-6H,7H2,1-2H3,(H2,15,16,17,18,19). The molecule has 0 aliphatic rings. The van der Waals surface area contributed by atoms with Gasteiger partial charge in [-0.3, -0.25) is 9.89 Å². The first-order valence-electron chi connectivity index (χ1n) is 6.48. The van der Waals surface area contributed by atoms with Crippen molar-refractivity contribution >= 4 is 34.6 Å². The first-order valence-corrected chi connectivity index (χ1v) is 8.69. The number of aromatic nitrogens is 4. The number of ether oxygens (including phenoxy) is 1. The maximum atomic E-state index is 11.9. The van der Waals surface area contributed by atoms with E-state index < -0.39 is 0 Å². The molecule has 6 nitrogen and oxygen atoms in total. The molecule has 114 valence electrons. The minimum Gasteiger partial charge on any atom is -0.496 e. The molecule has 3 rings (SSSR count). The van der Waals surface area contributed by atoms with Gasteiger partial charge in [-0.15, -0.1) is 11.8 Å². The molecule has 0 aliphatic carbocycles. The van der Waals surface area contributed by atoms with Gasteiger partial charge in [0.15, 0.2) is 10.8 Å². The quantitative estimate of drug-likeness (QED) is 0.551. The zero-order chi connectivity index (χ0) is 15.5. The molecule has 0 fully saturated rings. The van der Waals surface area contributed by atoms with Crippen LogP contribution in [0.15, 0.2) is 39.2 Å². The lowest BCUT2D eigenvalue weighted by Gasteiger charge is -2.08. The molecule has 2 aromatic heterocycles. The highest BCUT2D eigenvalue weighted by atomic mass is 32.2. The zero-order valence-corrected chi connectivity index (χ0v) is 13.7. The van der Waals surface area contributed by atoms with E-state index in [0.29, 0.717) is 21.9 Å². The molecule has 0 unspecified atom stereocenters. The Morgan fingerprint density at radius 2 is 2.23 bits per heavy atom. The van der Waals surface area contributed by atoms with Gasteiger partial charge in [0.05, 0.1) is 13.3 Å². The number of nitrogens with zero attached hydrogens (tertiary/aromatic N) is 2. The normalized spacial score (nSPS) is 11.0. The maximum absolute atomic E-state index is 11.9. The van der Waals surface area contributed by atoms with E-state index in [0.717, 1.165) is 16.2 Å². The second-order valence-electron chi connectivity index (χ2n) is 4.48. The fourth-order valence-electron chi connectivity index (χ4n) is 2.02. The summed E-state index contributed by atoms with van der Waals surface area (Å²) < 4.78 is 5.38. The van der Waals surface area contributed by atoms with E-state index in [1.165, 1.54) is 18.0 Å². The van der Waals surface area contributed by atoms with Crippen molar-refractivity contribution in [2.45, 2.75) is 15.8 Å². The van der Waals surface area contributed by atoms with E-state index in [2.05, 4.69) is 20.2 Å². The molecule has 8 heteroatoms. The Kier molecular flexibility index (Phi) is 4.39. The lowest BCUT2D eigenvalue weighted by Crippen LogP contribution is -2.08. The van der Waals surface area contributed by atoms with Crippen molar-refractivity contribution in [1.82, 2.24) is 20.2 Å². The molecule has 0 bridgehead atoms. The van der Waals surface area contributed by atoms with Crippen LogP contribution in [0.2, 0.25) is 0 Å². The van der Waals surface area contributed by atoms with Crippen LogP contribution in [0.25, 0.3) is 11.0 Å².